The number of rotatable bonds is 25. The number of carbonyl (C=O) groups is 4. The van der Waals surface area contributed by atoms with Crippen molar-refractivity contribution < 1.29 is 36.7 Å². The van der Waals surface area contributed by atoms with Gasteiger partial charge in [-0.1, -0.05) is 99.0 Å². The summed E-state index contributed by atoms with van der Waals surface area (Å²) >= 11 is 5.93. The molecule has 4 saturated heterocycles. The highest BCUT2D eigenvalue weighted by Crippen LogP contribution is 2.52. The van der Waals surface area contributed by atoms with Crippen LogP contribution in [0.4, 0.5) is 83.8 Å². The Morgan fingerprint density at radius 1 is 0.414 bits per heavy atom. The summed E-state index contributed by atoms with van der Waals surface area (Å²) in [5.74, 6) is 5.43. The number of imidazole rings is 4. The Kier molecular flexibility index (Phi) is 25.0. The highest BCUT2D eigenvalue weighted by Gasteiger charge is 2.52. The van der Waals surface area contributed by atoms with Crippen molar-refractivity contribution >= 4 is 82.8 Å². The second kappa shape index (κ2) is 36.4. The lowest BCUT2D eigenvalue weighted by Gasteiger charge is -2.25. The molecule has 38 heteroatoms. The van der Waals surface area contributed by atoms with Crippen LogP contribution in [0.25, 0.3) is 22.7 Å². The average molecular weight is 1830 g/mol. The largest absolute Gasteiger partial charge is 0.416 e. The summed E-state index contributed by atoms with van der Waals surface area (Å²) in [6.45, 7) is 25.8. The van der Waals surface area contributed by atoms with Gasteiger partial charge in [-0.2, -0.15) is 33.1 Å². The number of nitrogens with zero attached hydrogens (tertiary/aromatic N) is 24. The van der Waals surface area contributed by atoms with Crippen LogP contribution < -0.4 is 46.2 Å². The summed E-state index contributed by atoms with van der Waals surface area (Å²) in [5, 5.41) is 16.8. The van der Waals surface area contributed by atoms with Crippen molar-refractivity contribution in [2.75, 3.05) is 88.2 Å². The predicted octanol–water partition coefficient (Wildman–Crippen LogP) is 16.9. The van der Waals surface area contributed by atoms with Gasteiger partial charge in [0.15, 0.2) is 0 Å². The molecule has 0 spiro atoms. The number of aromatic nitrogens is 17. The van der Waals surface area contributed by atoms with E-state index in [2.05, 4.69) is 186 Å². The molecular formula is C95H110ClF4N29O4. The topological polar surface area (TPSA) is 338 Å². The standard InChI is InChI=1S/C26H33N7O.C24H26F3N7O.C23H25ClFN7O.C22H26N8O/c1-17(2)19-7-6-8-20(13-19)32-15-22(28-16-32)26(10-11-26)30-24-27-12-9-23(29-24)33-21(18(3)4)14-31(5)25(33)34;1-15(2)18-12-32(3)22(35)34(18)20-7-10-28-21(30-20)31-23(8-9-23)19-13-33(14-29-19)17-6-4-5-16(11-17)24(25,26)27;1-14(2)18-11-30(3)22(33)32(18)20-6-9-26-21(28-20)29-23(7-8-23)19-12-31(13-27-19)15-4-5-17(25)16(24)10-15;1-14(2)17-11-25-21(31)30(17)19-6-9-23-20(27-19)28-22(7-8-22)18-12-29(13-26-18)16-5-4-15(3)24-10-16/h6-9,12-13,15-18,21H,10-11,14H2,1-5H3,(H,27,29,30);4-7,10-11,13-15,18H,8-9,12H2,1-3H3,(H,28,30,31);4-6,9-10,12-14,18H,7-8,11H2,1-3H3,(H,26,28,29);4-6,9-10,12-14,17H,7-8,11H2,1-3H3,(H,25,31)(H,23,27,28)/t21-;2*18-;17-/m1111/s1. The zero-order chi connectivity index (χ0) is 93.9. The number of carbonyl (C=O) groups excluding carboxylic acids is 4. The molecule has 694 valence electrons. The second-order valence-corrected chi connectivity index (χ2v) is 37.8. The molecule has 133 heavy (non-hydrogen) atoms. The summed E-state index contributed by atoms with van der Waals surface area (Å²) in [6.07, 6.45) is 25.9. The van der Waals surface area contributed by atoms with Gasteiger partial charge in [0.1, 0.15) is 29.1 Å². The van der Waals surface area contributed by atoms with Crippen LogP contribution in [0.3, 0.4) is 0 Å². The molecule has 8 fully saturated rings. The Hall–Kier alpha value is -13.7. The minimum Gasteiger partial charge on any atom is -0.343 e. The van der Waals surface area contributed by atoms with Crippen LogP contribution in [0, 0.1) is 36.4 Å². The fourth-order valence-corrected chi connectivity index (χ4v) is 17.4. The first-order valence-electron chi connectivity index (χ1n) is 45.1. The van der Waals surface area contributed by atoms with Gasteiger partial charge in [-0.15, -0.1) is 0 Å². The summed E-state index contributed by atoms with van der Waals surface area (Å²) < 4.78 is 60.3. The molecule has 9 aromatic heterocycles. The van der Waals surface area contributed by atoms with Gasteiger partial charge in [-0.25, -0.2) is 63.4 Å². The normalized spacial score (nSPS) is 19.5. The summed E-state index contributed by atoms with van der Waals surface area (Å²) in [4.78, 5) is 122. The van der Waals surface area contributed by atoms with Crippen LogP contribution in [0.5, 0.6) is 0 Å². The number of benzene rings is 3. The SMILES string of the molecule is CC(C)[C@H]1CN(C)C(=O)N1c1ccnc(NC2(c3cn(-c4ccc(F)c(Cl)c4)cn3)CC2)n1.CC(C)[C@H]1CN(C)C(=O)N1c1ccnc(NC2(c3cn(-c4cccc(C(F)(F)F)c4)cn3)CC2)n1.CC(C)c1cccc(-n2cnc(C3(Nc4nccc(N5C(=O)N(C)C[C@@H]5C(C)C)n4)CC3)c2)c1.Cc1ccc(-n2cnc(C3(Nc4nccc(N5C(=O)NC[C@@H]5C(C)C)n4)CC3)c2)cn1. The fourth-order valence-electron chi connectivity index (χ4n) is 17.3. The van der Waals surface area contributed by atoms with E-state index in [9.17, 15) is 36.7 Å². The maximum Gasteiger partial charge on any atom is 0.416 e. The molecule has 3 aromatic carbocycles. The van der Waals surface area contributed by atoms with Crippen LogP contribution in [-0.2, 0) is 28.3 Å². The Balaban J connectivity index is 0.000000124. The van der Waals surface area contributed by atoms with Gasteiger partial charge in [0.25, 0.3) is 0 Å². The quantitative estimate of drug-likeness (QED) is 0.0332. The minimum atomic E-state index is -4.42. The first-order valence-corrected chi connectivity index (χ1v) is 45.4. The second-order valence-electron chi connectivity index (χ2n) is 37.4. The number of amides is 8. The number of hydrogen-bond donors (Lipinski definition) is 5. The molecule has 20 rings (SSSR count). The molecule has 0 radical (unpaired) electrons. The molecule has 4 aliphatic carbocycles. The molecule has 12 aromatic rings. The smallest absolute Gasteiger partial charge is 0.343 e. The third-order valence-electron chi connectivity index (χ3n) is 26.0. The van der Waals surface area contributed by atoms with E-state index in [0.717, 1.165) is 103 Å². The average Bonchev–Trinajstić information content (AvgIpc) is 1.61. The van der Waals surface area contributed by atoms with Crippen molar-refractivity contribution in [2.24, 2.45) is 23.7 Å². The van der Waals surface area contributed by atoms with E-state index in [1.165, 1.54) is 24.0 Å². The van der Waals surface area contributed by atoms with Crippen molar-refractivity contribution in [3.05, 3.63) is 235 Å². The lowest BCUT2D eigenvalue weighted by Crippen LogP contribution is -2.38. The number of nitrogens with one attached hydrogen (secondary N) is 5. The van der Waals surface area contributed by atoms with Crippen LogP contribution in [0.1, 0.15) is 166 Å². The van der Waals surface area contributed by atoms with Gasteiger partial charge in [0.2, 0.25) is 23.8 Å². The van der Waals surface area contributed by atoms with Gasteiger partial charge in [0.05, 0.1) is 117 Å². The monoisotopic (exact) mass is 1830 g/mol. The predicted molar refractivity (Wildman–Crippen MR) is 499 cm³/mol. The molecule has 8 amide bonds. The number of alkyl halides is 3. The first-order chi connectivity index (χ1) is 63.6. The molecule has 5 N–H and O–H groups in total. The molecule has 4 aliphatic heterocycles. The Morgan fingerprint density at radius 3 is 1.10 bits per heavy atom. The Morgan fingerprint density at radius 2 is 0.759 bits per heavy atom. The van der Waals surface area contributed by atoms with Crippen molar-refractivity contribution in [3.8, 4) is 22.7 Å². The lowest BCUT2D eigenvalue weighted by molar-refractivity contribution is -0.137. The Labute approximate surface area is 773 Å². The van der Waals surface area contributed by atoms with Gasteiger partial charge >= 0.3 is 30.3 Å². The van der Waals surface area contributed by atoms with Crippen LogP contribution >= 0.6 is 11.6 Å². The number of pyridine rings is 1. The van der Waals surface area contributed by atoms with E-state index in [4.69, 9.17) is 21.6 Å². The molecular weight excluding hydrogens is 1720 g/mol. The minimum absolute atomic E-state index is 0.00768. The van der Waals surface area contributed by atoms with Crippen LogP contribution in [0.15, 0.2) is 184 Å². The first kappa shape index (κ1) is 91.2. The molecule has 13 heterocycles. The molecule has 4 atom stereocenters. The fraction of sp³-hybridized carbons (Fsp3) is 0.421. The maximum atomic E-state index is 13.5. The summed E-state index contributed by atoms with van der Waals surface area (Å²) in [7, 11) is 5.42. The van der Waals surface area contributed by atoms with E-state index in [1.54, 1.807) is 120 Å². The maximum absolute atomic E-state index is 13.5. The van der Waals surface area contributed by atoms with E-state index in [-0.39, 0.29) is 75.8 Å². The van der Waals surface area contributed by atoms with Gasteiger partial charge in [0, 0.05) is 120 Å². The zero-order valence-electron chi connectivity index (χ0n) is 76.8. The number of hydrogen-bond acceptors (Lipinski definition) is 21. The molecule has 0 unspecified atom stereocenters. The third kappa shape index (κ3) is 19.2. The van der Waals surface area contributed by atoms with E-state index in [1.807, 2.05) is 79.6 Å². The Bertz CT molecular complexity index is 6260. The van der Waals surface area contributed by atoms with E-state index in [0.29, 0.717) is 108 Å². The zero-order valence-corrected chi connectivity index (χ0v) is 77.5. The van der Waals surface area contributed by atoms with Crippen LogP contribution in [-0.4, -0.2) is 193 Å². The van der Waals surface area contributed by atoms with Gasteiger partial charge in [-0.3, -0.25) is 24.6 Å². The van der Waals surface area contributed by atoms with Crippen LogP contribution in [0.2, 0.25) is 5.02 Å². The van der Waals surface area contributed by atoms with E-state index < -0.39 is 23.1 Å². The third-order valence-corrected chi connectivity index (χ3v) is 26.3. The van der Waals surface area contributed by atoms with Crippen molar-refractivity contribution in [1.29, 1.82) is 0 Å². The number of halogens is 5. The van der Waals surface area contributed by atoms with Crippen molar-refractivity contribution in [1.82, 2.24) is 103 Å². The molecule has 33 nitrogen and oxygen atoms in total. The highest BCUT2D eigenvalue weighted by molar-refractivity contribution is 6.30. The van der Waals surface area contributed by atoms with Gasteiger partial charge < -0.3 is 59.6 Å². The summed E-state index contributed by atoms with van der Waals surface area (Å²) in [6, 6.07) is 29.3. The number of urea groups is 4. The van der Waals surface area contributed by atoms with E-state index >= 15 is 0 Å². The molecule has 4 saturated carbocycles. The highest BCUT2D eigenvalue weighted by atomic mass is 35.5. The summed E-state index contributed by atoms with van der Waals surface area (Å²) in [5.41, 5.74) is 6.78. The van der Waals surface area contributed by atoms with Crippen molar-refractivity contribution in [3.63, 3.8) is 0 Å². The van der Waals surface area contributed by atoms with Gasteiger partial charge in [-0.05, 0) is 178 Å². The van der Waals surface area contributed by atoms with Crippen molar-refractivity contribution in [2.45, 2.75) is 186 Å². The number of anilines is 8. The molecule has 0 bridgehead atoms. The lowest BCUT2D eigenvalue weighted by atomic mass is 10.0. The number of aryl methyl sites for hydroxylation is 1. The number of likely N-dealkylation sites (N-methyl/N-ethyl adjacent to an activating group) is 3. The molecule has 8 aliphatic rings.